The predicted octanol–water partition coefficient (Wildman–Crippen LogP) is 2.22. The number of anilines is 1. The molecule has 0 radical (unpaired) electrons. The molecular weight excluding hydrogens is 228 g/mol. The first-order chi connectivity index (χ1) is 8.31. The van der Waals surface area contributed by atoms with Crippen LogP contribution in [0.1, 0.15) is 51.5 Å². The van der Waals surface area contributed by atoms with E-state index in [9.17, 15) is 4.79 Å². The molecule has 5 heteroatoms. The molecule has 0 aliphatic rings. The Bertz CT molecular complexity index is 412. The second kappa shape index (κ2) is 5.80. The highest BCUT2D eigenvalue weighted by molar-refractivity contribution is 5.93. The zero-order valence-electron chi connectivity index (χ0n) is 11.7. The van der Waals surface area contributed by atoms with Crippen molar-refractivity contribution in [3.05, 3.63) is 18.1 Å². The third kappa shape index (κ3) is 4.69. The summed E-state index contributed by atoms with van der Waals surface area (Å²) in [6.45, 7) is 10.1. The van der Waals surface area contributed by atoms with E-state index in [0.717, 1.165) is 6.42 Å². The van der Waals surface area contributed by atoms with Crippen LogP contribution in [0.2, 0.25) is 0 Å². The van der Waals surface area contributed by atoms with E-state index in [1.807, 2.05) is 34.6 Å². The number of rotatable bonds is 4. The van der Waals surface area contributed by atoms with Crippen molar-refractivity contribution in [1.82, 2.24) is 15.3 Å². The second-order valence-corrected chi connectivity index (χ2v) is 5.45. The van der Waals surface area contributed by atoms with Crippen molar-refractivity contribution < 1.29 is 4.79 Å². The fourth-order valence-electron chi connectivity index (χ4n) is 1.33. The zero-order valence-corrected chi connectivity index (χ0v) is 11.7. The van der Waals surface area contributed by atoms with E-state index in [-0.39, 0.29) is 17.5 Å². The molecule has 1 unspecified atom stereocenters. The lowest BCUT2D eigenvalue weighted by atomic mass is 10.1. The van der Waals surface area contributed by atoms with Crippen molar-refractivity contribution >= 4 is 11.7 Å². The smallest absolute Gasteiger partial charge is 0.270 e. The maximum atomic E-state index is 11.9. The Hall–Kier alpha value is -1.65. The average molecular weight is 250 g/mol. The van der Waals surface area contributed by atoms with Gasteiger partial charge in [0.15, 0.2) is 0 Å². The van der Waals surface area contributed by atoms with Gasteiger partial charge >= 0.3 is 0 Å². The van der Waals surface area contributed by atoms with E-state index in [1.54, 1.807) is 6.07 Å². The number of nitrogens with zero attached hydrogens (tertiary/aromatic N) is 2. The molecule has 18 heavy (non-hydrogen) atoms. The summed E-state index contributed by atoms with van der Waals surface area (Å²) in [6, 6.07) is 1.81. The van der Waals surface area contributed by atoms with E-state index >= 15 is 0 Å². The fraction of sp³-hybridized carbons (Fsp3) is 0.615. The van der Waals surface area contributed by atoms with Crippen molar-refractivity contribution in [3.8, 4) is 0 Å². The molecule has 0 aliphatic heterocycles. The van der Waals surface area contributed by atoms with Crippen molar-refractivity contribution in [2.75, 3.05) is 5.32 Å². The van der Waals surface area contributed by atoms with Crippen LogP contribution in [0, 0.1) is 0 Å². The molecule has 1 heterocycles. The Morgan fingerprint density at radius 1 is 1.39 bits per heavy atom. The standard InChI is InChI=1S/C13H22N4O/c1-6-9(2)16-12(18)10-7-11(15-8-14-10)17-13(3,4)5/h7-9H,6H2,1-5H3,(H,16,18)(H,14,15,17). The van der Waals surface area contributed by atoms with Crippen LogP contribution < -0.4 is 10.6 Å². The van der Waals surface area contributed by atoms with Crippen molar-refractivity contribution in [2.24, 2.45) is 0 Å². The van der Waals surface area contributed by atoms with Crippen LogP contribution >= 0.6 is 0 Å². The third-order valence-electron chi connectivity index (χ3n) is 2.39. The number of amides is 1. The molecule has 0 spiro atoms. The van der Waals surface area contributed by atoms with Gasteiger partial charge < -0.3 is 10.6 Å². The van der Waals surface area contributed by atoms with Gasteiger partial charge in [-0.25, -0.2) is 9.97 Å². The second-order valence-electron chi connectivity index (χ2n) is 5.45. The van der Waals surface area contributed by atoms with Crippen molar-refractivity contribution in [3.63, 3.8) is 0 Å². The van der Waals surface area contributed by atoms with E-state index in [2.05, 4.69) is 20.6 Å². The first kappa shape index (κ1) is 14.4. The highest BCUT2D eigenvalue weighted by Crippen LogP contribution is 2.12. The van der Waals surface area contributed by atoms with E-state index < -0.39 is 0 Å². The molecule has 5 nitrogen and oxygen atoms in total. The van der Waals surface area contributed by atoms with Gasteiger partial charge in [-0.1, -0.05) is 6.92 Å². The summed E-state index contributed by atoms with van der Waals surface area (Å²) in [6.07, 6.45) is 2.30. The Morgan fingerprint density at radius 3 is 2.61 bits per heavy atom. The average Bonchev–Trinajstić information content (AvgIpc) is 2.26. The molecule has 0 aromatic carbocycles. The molecule has 0 fully saturated rings. The summed E-state index contributed by atoms with van der Waals surface area (Å²) in [5.74, 6) is 0.496. The largest absolute Gasteiger partial charge is 0.365 e. The Kier molecular flexibility index (Phi) is 4.64. The SMILES string of the molecule is CCC(C)NC(=O)c1cc(NC(C)(C)C)ncn1. The molecule has 1 aromatic rings. The molecule has 1 atom stereocenters. The fourth-order valence-corrected chi connectivity index (χ4v) is 1.33. The number of carbonyl (C=O) groups is 1. The molecule has 0 bridgehead atoms. The first-order valence-electron chi connectivity index (χ1n) is 6.23. The molecule has 1 amide bonds. The molecule has 1 aromatic heterocycles. The maximum Gasteiger partial charge on any atom is 0.270 e. The molecule has 0 saturated carbocycles. The first-order valence-corrected chi connectivity index (χ1v) is 6.23. The van der Waals surface area contributed by atoms with Gasteiger partial charge in [-0.3, -0.25) is 4.79 Å². The summed E-state index contributed by atoms with van der Waals surface area (Å²) in [7, 11) is 0. The molecule has 100 valence electrons. The van der Waals surface area contributed by atoms with Crippen LogP contribution in [-0.4, -0.2) is 27.5 Å². The van der Waals surface area contributed by atoms with Crippen LogP contribution in [-0.2, 0) is 0 Å². The summed E-state index contributed by atoms with van der Waals surface area (Å²) >= 11 is 0. The minimum atomic E-state index is -0.163. The number of hydrogen-bond donors (Lipinski definition) is 2. The van der Waals surface area contributed by atoms with Gasteiger partial charge in [-0.2, -0.15) is 0 Å². The Labute approximate surface area is 108 Å². The van der Waals surface area contributed by atoms with Crippen LogP contribution in [0.15, 0.2) is 12.4 Å². The minimum absolute atomic E-state index is 0.0984. The molecule has 2 N–H and O–H groups in total. The van der Waals surface area contributed by atoms with Crippen LogP contribution in [0.4, 0.5) is 5.82 Å². The summed E-state index contributed by atoms with van der Waals surface area (Å²) in [5.41, 5.74) is 0.288. The Balaban J connectivity index is 2.79. The third-order valence-corrected chi connectivity index (χ3v) is 2.39. The maximum absolute atomic E-state index is 11.9. The molecule has 0 aliphatic carbocycles. The van der Waals surface area contributed by atoms with Gasteiger partial charge in [0, 0.05) is 17.6 Å². The Morgan fingerprint density at radius 2 is 2.06 bits per heavy atom. The van der Waals surface area contributed by atoms with Gasteiger partial charge in [0.1, 0.15) is 17.8 Å². The van der Waals surface area contributed by atoms with E-state index in [4.69, 9.17) is 0 Å². The number of nitrogens with one attached hydrogen (secondary N) is 2. The minimum Gasteiger partial charge on any atom is -0.365 e. The number of carbonyl (C=O) groups excluding carboxylic acids is 1. The van der Waals surface area contributed by atoms with E-state index in [1.165, 1.54) is 6.33 Å². The number of hydrogen-bond acceptors (Lipinski definition) is 4. The monoisotopic (exact) mass is 250 g/mol. The summed E-state index contributed by atoms with van der Waals surface area (Å²) in [5, 5.41) is 6.09. The molecule has 1 rings (SSSR count). The van der Waals surface area contributed by atoms with Crippen LogP contribution in [0.25, 0.3) is 0 Å². The topological polar surface area (TPSA) is 66.9 Å². The van der Waals surface area contributed by atoms with Gasteiger partial charge in [0.25, 0.3) is 5.91 Å². The predicted molar refractivity (Wildman–Crippen MR) is 72.6 cm³/mol. The van der Waals surface area contributed by atoms with Crippen LogP contribution in [0.3, 0.4) is 0 Å². The lowest BCUT2D eigenvalue weighted by Gasteiger charge is -2.21. The summed E-state index contributed by atoms with van der Waals surface area (Å²) < 4.78 is 0. The van der Waals surface area contributed by atoms with Crippen molar-refractivity contribution in [1.29, 1.82) is 0 Å². The quantitative estimate of drug-likeness (QED) is 0.859. The zero-order chi connectivity index (χ0) is 13.8. The number of aromatic nitrogens is 2. The van der Waals surface area contributed by atoms with Gasteiger partial charge in [-0.15, -0.1) is 0 Å². The highest BCUT2D eigenvalue weighted by Gasteiger charge is 2.14. The van der Waals surface area contributed by atoms with E-state index in [0.29, 0.717) is 11.5 Å². The molecule has 0 saturated heterocycles. The van der Waals surface area contributed by atoms with Gasteiger partial charge in [0.2, 0.25) is 0 Å². The normalized spacial score (nSPS) is 12.9. The van der Waals surface area contributed by atoms with Crippen LogP contribution in [0.5, 0.6) is 0 Å². The van der Waals surface area contributed by atoms with Crippen molar-refractivity contribution in [2.45, 2.75) is 52.6 Å². The van der Waals surface area contributed by atoms with Gasteiger partial charge in [0.05, 0.1) is 0 Å². The highest BCUT2D eigenvalue weighted by atomic mass is 16.1. The summed E-state index contributed by atoms with van der Waals surface area (Å²) in [4.78, 5) is 20.0. The lowest BCUT2D eigenvalue weighted by Crippen LogP contribution is -2.33. The van der Waals surface area contributed by atoms with Gasteiger partial charge in [-0.05, 0) is 34.1 Å². The lowest BCUT2D eigenvalue weighted by molar-refractivity contribution is 0.0934. The molecular formula is C13H22N4O.